The lowest BCUT2D eigenvalue weighted by Crippen LogP contribution is -2.32. The molecule has 8 heteroatoms. The highest BCUT2D eigenvalue weighted by atomic mass is 32.1. The number of nitrogens with zero attached hydrogens (tertiary/aromatic N) is 2. The monoisotopic (exact) mass is 402 g/mol. The molecule has 150 valence electrons. The van der Waals surface area contributed by atoms with Crippen molar-refractivity contribution in [1.82, 2.24) is 15.2 Å². The molecule has 0 fully saturated rings. The van der Waals surface area contributed by atoms with Gasteiger partial charge in [-0.1, -0.05) is 18.2 Å². The lowest BCUT2D eigenvalue weighted by molar-refractivity contribution is 0.0523. The number of alkyl carbamates (subject to hydrolysis) is 1. The van der Waals surface area contributed by atoms with Gasteiger partial charge < -0.3 is 20.3 Å². The van der Waals surface area contributed by atoms with Gasteiger partial charge in [0.2, 0.25) is 0 Å². The van der Waals surface area contributed by atoms with Crippen LogP contribution in [0.2, 0.25) is 0 Å². The van der Waals surface area contributed by atoms with E-state index in [2.05, 4.69) is 27.6 Å². The summed E-state index contributed by atoms with van der Waals surface area (Å²) in [6.45, 7) is 7.47. The highest BCUT2D eigenvalue weighted by Gasteiger charge is 2.22. The van der Waals surface area contributed by atoms with Gasteiger partial charge in [0.25, 0.3) is 5.91 Å². The van der Waals surface area contributed by atoms with Crippen molar-refractivity contribution < 1.29 is 14.3 Å². The molecule has 2 heterocycles. The number of hydrogen-bond donors (Lipinski definition) is 2. The minimum absolute atomic E-state index is 0.230. The Morgan fingerprint density at radius 2 is 2.04 bits per heavy atom. The number of para-hydroxylation sites is 1. The Morgan fingerprint density at radius 1 is 1.29 bits per heavy atom. The lowest BCUT2D eigenvalue weighted by atomic mass is 10.1. The van der Waals surface area contributed by atoms with Crippen molar-refractivity contribution in [3.8, 4) is 0 Å². The van der Waals surface area contributed by atoms with Gasteiger partial charge in [-0.3, -0.25) is 4.79 Å². The summed E-state index contributed by atoms with van der Waals surface area (Å²) in [5.74, 6) is -0.230. The first-order valence-electron chi connectivity index (χ1n) is 9.24. The van der Waals surface area contributed by atoms with Crippen LogP contribution in [0.3, 0.4) is 0 Å². The zero-order valence-electron chi connectivity index (χ0n) is 16.7. The van der Waals surface area contributed by atoms with Gasteiger partial charge in [-0.25, -0.2) is 9.78 Å². The Hall–Kier alpha value is -2.45. The fourth-order valence-electron chi connectivity index (χ4n) is 2.87. The number of nitrogens with one attached hydrogen (secondary N) is 2. The first kappa shape index (κ1) is 20.3. The summed E-state index contributed by atoms with van der Waals surface area (Å²) in [6.07, 6.45) is 0.372. The zero-order valence-corrected chi connectivity index (χ0v) is 17.5. The number of likely N-dealkylation sites (N-methyl/N-ethyl adjacent to an activating group) is 1. The maximum Gasteiger partial charge on any atom is 0.407 e. The van der Waals surface area contributed by atoms with Gasteiger partial charge in [0.15, 0.2) is 5.01 Å². The zero-order chi connectivity index (χ0) is 20.3. The number of carbonyl (C=O) groups is 2. The molecule has 0 saturated heterocycles. The summed E-state index contributed by atoms with van der Waals surface area (Å²) in [7, 11) is 2.07. The predicted molar refractivity (Wildman–Crippen MR) is 110 cm³/mol. The summed E-state index contributed by atoms with van der Waals surface area (Å²) in [5, 5.41) is 6.11. The summed E-state index contributed by atoms with van der Waals surface area (Å²) < 4.78 is 5.26. The Labute approximate surface area is 169 Å². The van der Waals surface area contributed by atoms with Gasteiger partial charge in [-0.05, 0) is 39.4 Å². The number of anilines is 1. The number of aromatic nitrogens is 1. The van der Waals surface area contributed by atoms with Gasteiger partial charge >= 0.3 is 6.09 Å². The van der Waals surface area contributed by atoms with E-state index in [9.17, 15) is 9.59 Å². The molecule has 1 aliphatic heterocycles. The van der Waals surface area contributed by atoms with E-state index in [4.69, 9.17) is 4.74 Å². The van der Waals surface area contributed by atoms with Gasteiger partial charge in [-0.15, -0.1) is 11.3 Å². The van der Waals surface area contributed by atoms with Crippen LogP contribution in [0.4, 0.5) is 10.5 Å². The second-order valence-corrected chi connectivity index (χ2v) is 8.93. The second kappa shape index (κ2) is 8.28. The van der Waals surface area contributed by atoms with Crippen LogP contribution in [0.15, 0.2) is 24.3 Å². The normalized spacial score (nSPS) is 14.3. The van der Waals surface area contributed by atoms with Crippen LogP contribution in [0.25, 0.3) is 0 Å². The topological polar surface area (TPSA) is 83.6 Å². The van der Waals surface area contributed by atoms with Crippen LogP contribution in [-0.2, 0) is 24.2 Å². The molecule has 0 aliphatic carbocycles. The molecule has 2 aromatic rings. The van der Waals surface area contributed by atoms with E-state index in [1.165, 1.54) is 11.3 Å². The average molecular weight is 403 g/mol. The van der Waals surface area contributed by atoms with Crippen LogP contribution in [-0.4, -0.2) is 41.1 Å². The third-order valence-electron chi connectivity index (χ3n) is 4.20. The molecular formula is C20H26N4O3S. The van der Waals surface area contributed by atoms with Crippen molar-refractivity contribution in [2.75, 3.05) is 18.9 Å². The molecule has 0 spiro atoms. The lowest BCUT2D eigenvalue weighted by Gasteiger charge is -2.20. The smallest absolute Gasteiger partial charge is 0.407 e. The molecule has 0 atom stereocenters. The Morgan fingerprint density at radius 3 is 2.79 bits per heavy atom. The van der Waals surface area contributed by atoms with E-state index in [0.29, 0.717) is 10.7 Å². The van der Waals surface area contributed by atoms with E-state index < -0.39 is 11.7 Å². The number of amides is 2. The van der Waals surface area contributed by atoms with Gasteiger partial charge in [-0.2, -0.15) is 0 Å². The minimum atomic E-state index is -0.560. The molecule has 2 amide bonds. The van der Waals surface area contributed by atoms with Crippen LogP contribution in [0.1, 0.15) is 46.7 Å². The van der Waals surface area contributed by atoms with E-state index in [0.717, 1.165) is 35.6 Å². The van der Waals surface area contributed by atoms with Crippen molar-refractivity contribution in [2.24, 2.45) is 0 Å². The van der Waals surface area contributed by atoms with Crippen LogP contribution < -0.4 is 10.6 Å². The summed E-state index contributed by atoms with van der Waals surface area (Å²) in [6, 6.07) is 7.37. The fourth-order valence-corrected chi connectivity index (χ4v) is 3.96. The third-order valence-corrected chi connectivity index (χ3v) is 5.29. The molecular weight excluding hydrogens is 376 g/mol. The molecule has 1 aromatic heterocycles. The van der Waals surface area contributed by atoms with E-state index in [-0.39, 0.29) is 12.5 Å². The molecule has 0 bridgehead atoms. The third kappa shape index (κ3) is 5.30. The second-order valence-electron chi connectivity index (χ2n) is 7.84. The SMILES string of the molecule is CN1CCc2nc(C(=O)Nc3ccccc3CNC(=O)OC(C)(C)C)sc2C1. The Balaban J connectivity index is 1.66. The number of fused-ring (bicyclic) bond motifs is 1. The van der Waals surface area contributed by atoms with Crippen molar-refractivity contribution >= 4 is 29.0 Å². The Kier molecular flexibility index (Phi) is 6.00. The molecule has 2 N–H and O–H groups in total. The average Bonchev–Trinajstić information content (AvgIpc) is 3.03. The van der Waals surface area contributed by atoms with E-state index in [1.54, 1.807) is 0 Å². The van der Waals surface area contributed by atoms with Crippen molar-refractivity contribution in [3.05, 3.63) is 45.4 Å². The minimum Gasteiger partial charge on any atom is -0.444 e. The van der Waals surface area contributed by atoms with Crippen LogP contribution in [0.5, 0.6) is 0 Å². The van der Waals surface area contributed by atoms with Gasteiger partial charge in [0.05, 0.1) is 5.69 Å². The maximum absolute atomic E-state index is 12.7. The number of carbonyl (C=O) groups excluding carboxylic acids is 2. The first-order chi connectivity index (χ1) is 13.2. The number of benzene rings is 1. The van der Waals surface area contributed by atoms with Gasteiger partial charge in [0, 0.05) is 36.6 Å². The molecule has 0 radical (unpaired) electrons. The molecule has 1 aliphatic rings. The Bertz CT molecular complexity index is 873. The highest BCUT2D eigenvalue weighted by molar-refractivity contribution is 7.13. The summed E-state index contributed by atoms with van der Waals surface area (Å²) in [5.41, 5.74) is 1.90. The van der Waals surface area contributed by atoms with Crippen LogP contribution >= 0.6 is 11.3 Å². The standard InChI is InChI=1S/C20H26N4O3S/c1-20(2,3)27-19(26)21-11-13-7-5-6-8-14(13)22-17(25)18-23-15-9-10-24(4)12-16(15)28-18/h5-8H,9-12H2,1-4H3,(H,21,26)(H,22,25). The molecule has 7 nitrogen and oxygen atoms in total. The summed E-state index contributed by atoms with van der Waals surface area (Å²) in [4.78, 5) is 32.5. The highest BCUT2D eigenvalue weighted by Crippen LogP contribution is 2.25. The number of ether oxygens (including phenoxy) is 1. The number of thiazole rings is 1. The molecule has 0 saturated carbocycles. The van der Waals surface area contributed by atoms with Crippen LogP contribution in [0, 0.1) is 0 Å². The number of hydrogen-bond acceptors (Lipinski definition) is 6. The van der Waals surface area contributed by atoms with E-state index in [1.807, 2.05) is 45.0 Å². The molecule has 0 unspecified atom stereocenters. The largest absolute Gasteiger partial charge is 0.444 e. The quantitative estimate of drug-likeness (QED) is 0.819. The van der Waals surface area contributed by atoms with Gasteiger partial charge in [0.1, 0.15) is 5.60 Å². The number of rotatable bonds is 4. The maximum atomic E-state index is 12.7. The first-order valence-corrected chi connectivity index (χ1v) is 10.1. The summed E-state index contributed by atoms with van der Waals surface area (Å²) >= 11 is 1.44. The predicted octanol–water partition coefficient (Wildman–Crippen LogP) is 3.41. The molecule has 28 heavy (non-hydrogen) atoms. The van der Waals surface area contributed by atoms with E-state index >= 15 is 0 Å². The molecule has 1 aromatic carbocycles. The fraction of sp³-hybridized carbons (Fsp3) is 0.450. The van der Waals surface area contributed by atoms with Crippen molar-refractivity contribution in [3.63, 3.8) is 0 Å². The van der Waals surface area contributed by atoms with Crippen molar-refractivity contribution in [1.29, 1.82) is 0 Å². The molecule has 3 rings (SSSR count). The van der Waals surface area contributed by atoms with Crippen molar-refractivity contribution in [2.45, 2.75) is 45.9 Å².